The summed E-state index contributed by atoms with van der Waals surface area (Å²) >= 11 is 11.1. The number of aromatic nitrogens is 3. The largest absolute Gasteiger partial charge is 0.493 e. The van der Waals surface area contributed by atoms with Gasteiger partial charge in [-0.05, 0) is 55.0 Å². The minimum atomic E-state index is -0.420. The summed E-state index contributed by atoms with van der Waals surface area (Å²) in [5.74, 6) is 0.378. The zero-order valence-corrected chi connectivity index (χ0v) is 18.2. The van der Waals surface area contributed by atoms with Crippen LogP contribution in [0.2, 0.25) is 5.02 Å². The van der Waals surface area contributed by atoms with Crippen molar-refractivity contribution in [3.8, 4) is 11.5 Å². The quantitative estimate of drug-likeness (QED) is 0.414. The molecule has 0 fully saturated rings. The smallest absolute Gasteiger partial charge is 0.296 e. The fourth-order valence-electron chi connectivity index (χ4n) is 2.48. The average Bonchev–Trinajstić information content (AvgIpc) is 2.77. The first-order valence-electron chi connectivity index (χ1n) is 8.97. The number of aryl methyl sites for hydroxylation is 1. The number of benzene rings is 2. The second kappa shape index (κ2) is 10.0. The first-order valence-corrected chi connectivity index (χ1v) is 9.75. The van der Waals surface area contributed by atoms with Gasteiger partial charge in [-0.1, -0.05) is 23.7 Å². The lowest BCUT2D eigenvalue weighted by Crippen LogP contribution is -2.22. The Labute approximate surface area is 187 Å². The summed E-state index contributed by atoms with van der Waals surface area (Å²) in [4.78, 5) is 24.2. The minimum absolute atomic E-state index is 0.0725. The van der Waals surface area contributed by atoms with Crippen molar-refractivity contribution in [2.75, 3.05) is 19.0 Å². The molecule has 31 heavy (non-hydrogen) atoms. The number of methoxy groups -OCH3 is 1. The molecule has 2 N–H and O–H groups in total. The van der Waals surface area contributed by atoms with Crippen LogP contribution in [-0.2, 0) is 4.79 Å². The molecule has 0 radical (unpaired) electrons. The molecule has 0 aliphatic carbocycles. The number of ether oxygens (including phenoxy) is 2. The van der Waals surface area contributed by atoms with E-state index in [9.17, 15) is 9.59 Å². The van der Waals surface area contributed by atoms with Crippen molar-refractivity contribution >= 4 is 41.6 Å². The highest BCUT2D eigenvalue weighted by atomic mass is 35.5. The molecule has 11 heteroatoms. The molecule has 160 valence electrons. The summed E-state index contributed by atoms with van der Waals surface area (Å²) in [6.07, 6.45) is 1.45. The van der Waals surface area contributed by atoms with E-state index in [0.717, 1.165) is 4.68 Å². The van der Waals surface area contributed by atoms with Gasteiger partial charge in [-0.2, -0.15) is 14.9 Å². The minimum Gasteiger partial charge on any atom is -0.493 e. The van der Waals surface area contributed by atoms with Gasteiger partial charge in [-0.3, -0.25) is 14.7 Å². The van der Waals surface area contributed by atoms with Crippen LogP contribution in [0.3, 0.4) is 0 Å². The number of carbonyl (C=O) groups is 1. The van der Waals surface area contributed by atoms with Gasteiger partial charge < -0.3 is 14.8 Å². The van der Waals surface area contributed by atoms with E-state index in [1.54, 1.807) is 49.4 Å². The SMILES string of the molecule is COc1cc(C=Nn2c(=S)[nH]nc(C)c2=O)ccc1OCC(=O)Nc1ccccc1Cl. The van der Waals surface area contributed by atoms with Crippen LogP contribution in [-0.4, -0.2) is 40.7 Å². The molecule has 3 rings (SSSR count). The number of H-pyrrole nitrogens is 1. The number of hydrogen-bond acceptors (Lipinski definition) is 7. The van der Waals surface area contributed by atoms with Crippen molar-refractivity contribution in [1.82, 2.24) is 14.9 Å². The Kier molecular flexibility index (Phi) is 7.16. The number of rotatable bonds is 7. The zero-order valence-electron chi connectivity index (χ0n) is 16.6. The topological polar surface area (TPSA) is 111 Å². The Bertz CT molecular complexity index is 1250. The van der Waals surface area contributed by atoms with Gasteiger partial charge in [-0.25, -0.2) is 0 Å². The Balaban J connectivity index is 1.71. The normalized spacial score (nSPS) is 10.8. The van der Waals surface area contributed by atoms with Crippen molar-refractivity contribution < 1.29 is 14.3 Å². The molecule has 0 bridgehead atoms. The lowest BCUT2D eigenvalue weighted by atomic mass is 10.2. The Morgan fingerprint density at radius 3 is 2.84 bits per heavy atom. The number of nitrogens with zero attached hydrogens (tertiary/aromatic N) is 3. The van der Waals surface area contributed by atoms with Crippen LogP contribution in [0.15, 0.2) is 52.4 Å². The van der Waals surface area contributed by atoms with Crippen LogP contribution >= 0.6 is 23.8 Å². The van der Waals surface area contributed by atoms with Gasteiger partial charge in [0.15, 0.2) is 18.1 Å². The summed E-state index contributed by atoms with van der Waals surface area (Å²) < 4.78 is 12.0. The van der Waals surface area contributed by atoms with E-state index in [-0.39, 0.29) is 23.0 Å². The fraction of sp³-hybridized carbons (Fsp3) is 0.150. The molecular formula is C20H18ClN5O4S. The Morgan fingerprint density at radius 2 is 2.10 bits per heavy atom. The van der Waals surface area contributed by atoms with Crippen LogP contribution < -0.4 is 20.3 Å². The molecule has 0 saturated carbocycles. The Hall–Kier alpha value is -3.50. The molecule has 0 spiro atoms. The van der Waals surface area contributed by atoms with Gasteiger partial charge >= 0.3 is 0 Å². The molecule has 0 aliphatic rings. The molecule has 0 aliphatic heterocycles. The van der Waals surface area contributed by atoms with Crippen molar-refractivity contribution in [2.24, 2.45) is 5.10 Å². The first-order chi connectivity index (χ1) is 14.9. The van der Waals surface area contributed by atoms with Gasteiger partial charge in [0.1, 0.15) is 5.69 Å². The number of aromatic amines is 1. The van der Waals surface area contributed by atoms with E-state index in [4.69, 9.17) is 33.3 Å². The lowest BCUT2D eigenvalue weighted by molar-refractivity contribution is -0.118. The second-order valence-electron chi connectivity index (χ2n) is 6.20. The van der Waals surface area contributed by atoms with Gasteiger partial charge in [0.05, 0.1) is 24.0 Å². The van der Waals surface area contributed by atoms with Crippen molar-refractivity contribution in [1.29, 1.82) is 0 Å². The van der Waals surface area contributed by atoms with E-state index in [2.05, 4.69) is 20.6 Å². The maximum atomic E-state index is 12.1. The number of amides is 1. The third-order valence-corrected chi connectivity index (χ3v) is 4.62. The third kappa shape index (κ3) is 5.56. The molecule has 1 heterocycles. The summed E-state index contributed by atoms with van der Waals surface area (Å²) in [7, 11) is 1.47. The number of anilines is 1. The van der Waals surface area contributed by atoms with Gasteiger partial charge in [0.2, 0.25) is 4.77 Å². The lowest BCUT2D eigenvalue weighted by Gasteiger charge is -2.12. The molecule has 9 nitrogen and oxygen atoms in total. The maximum Gasteiger partial charge on any atom is 0.296 e. The molecule has 1 amide bonds. The molecule has 2 aromatic carbocycles. The first kappa shape index (κ1) is 22.2. The third-order valence-electron chi connectivity index (χ3n) is 4.03. The van der Waals surface area contributed by atoms with E-state index in [1.807, 2.05) is 0 Å². The van der Waals surface area contributed by atoms with E-state index < -0.39 is 5.56 Å². The van der Waals surface area contributed by atoms with Crippen molar-refractivity contribution in [2.45, 2.75) is 6.92 Å². The predicted octanol–water partition coefficient (Wildman–Crippen LogP) is 3.17. The van der Waals surface area contributed by atoms with Gasteiger partial charge in [0, 0.05) is 0 Å². The summed E-state index contributed by atoms with van der Waals surface area (Å²) in [5.41, 5.74) is 0.940. The standard InChI is InChI=1S/C20H18ClN5O4S/c1-12-19(28)26(20(31)25-24-12)22-10-13-7-8-16(17(9-13)29-2)30-11-18(27)23-15-6-4-3-5-14(15)21/h3-10H,11H2,1-2H3,(H,23,27)(H,25,31). The van der Waals surface area contributed by atoms with Crippen LogP contribution in [0.5, 0.6) is 11.5 Å². The Morgan fingerprint density at radius 1 is 1.32 bits per heavy atom. The van der Waals surface area contributed by atoms with E-state index in [0.29, 0.717) is 27.8 Å². The van der Waals surface area contributed by atoms with E-state index in [1.165, 1.54) is 13.3 Å². The van der Waals surface area contributed by atoms with Crippen LogP contribution in [0, 0.1) is 11.7 Å². The van der Waals surface area contributed by atoms with Crippen LogP contribution in [0.4, 0.5) is 5.69 Å². The fourth-order valence-corrected chi connectivity index (χ4v) is 2.84. The predicted molar refractivity (Wildman–Crippen MR) is 120 cm³/mol. The maximum absolute atomic E-state index is 12.1. The molecule has 1 aromatic heterocycles. The number of nitrogens with one attached hydrogen (secondary N) is 2. The van der Waals surface area contributed by atoms with Gasteiger partial charge in [-0.15, -0.1) is 0 Å². The molecule has 0 unspecified atom stereocenters. The molecule has 0 atom stereocenters. The molecule has 0 saturated heterocycles. The summed E-state index contributed by atoms with van der Waals surface area (Å²) in [5, 5.41) is 13.5. The number of hydrogen-bond donors (Lipinski definition) is 2. The van der Waals surface area contributed by atoms with E-state index >= 15 is 0 Å². The van der Waals surface area contributed by atoms with Crippen molar-refractivity contribution in [3.05, 3.63) is 73.9 Å². The summed E-state index contributed by atoms with van der Waals surface area (Å²) in [6, 6.07) is 11.9. The average molecular weight is 460 g/mol. The van der Waals surface area contributed by atoms with Crippen molar-refractivity contribution in [3.63, 3.8) is 0 Å². The van der Waals surface area contributed by atoms with Crippen LogP contribution in [0.25, 0.3) is 0 Å². The monoisotopic (exact) mass is 459 g/mol. The molecular weight excluding hydrogens is 442 g/mol. The van der Waals surface area contributed by atoms with Gasteiger partial charge in [0.25, 0.3) is 11.5 Å². The number of halogens is 1. The number of carbonyl (C=O) groups excluding carboxylic acids is 1. The second-order valence-corrected chi connectivity index (χ2v) is 7.00. The molecule has 3 aromatic rings. The highest BCUT2D eigenvalue weighted by Gasteiger charge is 2.10. The summed E-state index contributed by atoms with van der Waals surface area (Å²) in [6.45, 7) is 1.31. The highest BCUT2D eigenvalue weighted by Crippen LogP contribution is 2.28. The number of para-hydroxylation sites is 1. The van der Waals surface area contributed by atoms with Crippen LogP contribution in [0.1, 0.15) is 11.3 Å². The zero-order chi connectivity index (χ0) is 22.4. The highest BCUT2D eigenvalue weighted by molar-refractivity contribution is 7.71.